The van der Waals surface area contributed by atoms with Crippen molar-refractivity contribution in [3.05, 3.63) is 112 Å². The molecule has 218 valence electrons. The summed E-state index contributed by atoms with van der Waals surface area (Å²) in [4.78, 5) is 42.3. The van der Waals surface area contributed by atoms with E-state index in [1.54, 1.807) is 36.7 Å². The molecule has 0 bridgehead atoms. The Hall–Kier alpha value is -4.62. The Balaban J connectivity index is 1.24. The van der Waals surface area contributed by atoms with E-state index in [4.69, 9.17) is 9.47 Å². The predicted molar refractivity (Wildman–Crippen MR) is 159 cm³/mol. The number of amides is 2. The van der Waals surface area contributed by atoms with E-state index in [-0.39, 0.29) is 6.61 Å². The van der Waals surface area contributed by atoms with Gasteiger partial charge < -0.3 is 19.7 Å². The Morgan fingerprint density at radius 2 is 1.60 bits per heavy atom. The van der Waals surface area contributed by atoms with Crippen LogP contribution in [0.5, 0.6) is 5.75 Å². The van der Waals surface area contributed by atoms with Crippen molar-refractivity contribution >= 4 is 41.3 Å². The van der Waals surface area contributed by atoms with Crippen LogP contribution in [0.4, 0.5) is 0 Å². The molecule has 3 atom stereocenters. The van der Waals surface area contributed by atoms with Crippen molar-refractivity contribution in [2.24, 2.45) is 7.05 Å². The van der Waals surface area contributed by atoms with E-state index in [1.165, 1.54) is 33.1 Å². The fourth-order valence-electron chi connectivity index (χ4n) is 4.74. The molecule has 3 aromatic carbocycles. The lowest BCUT2D eigenvalue weighted by Crippen LogP contribution is -2.74. The standard InChI is InChI=1S/C30H26N6O5S2/c1-35-30(32-33-34-35)43-22-18-42-28-24(31-23(37)17-40-21-15-9-4-10-16-21)27(38)36(28)25(22)29(39)41-26(19-11-5-2-6-12-19)20-13-7-3-8-14-20/h2-16,18,24-26,28H,17H2,1H3,(H,31,37)/t24-,25?,28+/m1/s1. The average molecular weight is 615 g/mol. The van der Waals surface area contributed by atoms with E-state index in [2.05, 4.69) is 20.8 Å². The van der Waals surface area contributed by atoms with Gasteiger partial charge in [-0.1, -0.05) is 78.9 Å². The molecule has 2 aliphatic rings. The Morgan fingerprint density at radius 3 is 2.21 bits per heavy atom. The molecule has 13 heteroatoms. The zero-order valence-electron chi connectivity index (χ0n) is 22.8. The molecule has 1 fully saturated rings. The van der Waals surface area contributed by atoms with Crippen molar-refractivity contribution in [1.29, 1.82) is 0 Å². The van der Waals surface area contributed by atoms with Gasteiger partial charge in [0.15, 0.2) is 18.8 Å². The number of carbonyl (C=O) groups excluding carboxylic acids is 3. The van der Waals surface area contributed by atoms with Crippen LogP contribution < -0.4 is 10.1 Å². The number of hydrogen-bond acceptors (Lipinski definition) is 10. The number of rotatable bonds is 10. The van der Waals surface area contributed by atoms with Gasteiger partial charge in [0, 0.05) is 12.0 Å². The van der Waals surface area contributed by atoms with Crippen molar-refractivity contribution in [1.82, 2.24) is 30.4 Å². The number of para-hydroxylation sites is 1. The van der Waals surface area contributed by atoms with E-state index in [0.29, 0.717) is 15.8 Å². The number of thioether (sulfide) groups is 2. The fourth-order valence-corrected chi connectivity index (χ4v) is 6.98. The minimum absolute atomic E-state index is 0.247. The summed E-state index contributed by atoms with van der Waals surface area (Å²) in [6, 6.07) is 25.9. The van der Waals surface area contributed by atoms with Crippen molar-refractivity contribution in [3.8, 4) is 5.75 Å². The third-order valence-electron chi connectivity index (χ3n) is 6.83. The summed E-state index contributed by atoms with van der Waals surface area (Å²) in [6.07, 6.45) is -0.701. The summed E-state index contributed by atoms with van der Waals surface area (Å²) in [5, 5.41) is 16.1. The number of tetrazole rings is 1. The Kier molecular flexibility index (Phi) is 8.43. The molecule has 0 saturated carbocycles. The molecule has 11 nitrogen and oxygen atoms in total. The minimum atomic E-state index is -1.07. The zero-order valence-corrected chi connectivity index (χ0v) is 24.5. The summed E-state index contributed by atoms with van der Waals surface area (Å²) in [5.41, 5.74) is 1.58. The number of aryl methyl sites for hydroxylation is 1. The van der Waals surface area contributed by atoms with Crippen LogP contribution in [-0.2, 0) is 26.2 Å². The molecular weight excluding hydrogens is 589 g/mol. The number of fused-ring (bicyclic) bond motifs is 1. The monoisotopic (exact) mass is 614 g/mol. The second-order valence-corrected chi connectivity index (χ2v) is 11.7. The third-order valence-corrected chi connectivity index (χ3v) is 9.26. The summed E-state index contributed by atoms with van der Waals surface area (Å²) >= 11 is 2.51. The number of nitrogens with zero attached hydrogens (tertiary/aromatic N) is 5. The first-order chi connectivity index (χ1) is 21.0. The fraction of sp³-hybridized carbons (Fsp3) is 0.200. The molecule has 2 aliphatic heterocycles. The van der Waals surface area contributed by atoms with Gasteiger partial charge in [0.05, 0.1) is 0 Å². The van der Waals surface area contributed by atoms with Gasteiger partial charge >= 0.3 is 5.97 Å². The number of carbonyl (C=O) groups is 3. The van der Waals surface area contributed by atoms with Crippen molar-refractivity contribution in [2.75, 3.05) is 6.61 Å². The van der Waals surface area contributed by atoms with Crippen molar-refractivity contribution in [2.45, 2.75) is 28.7 Å². The van der Waals surface area contributed by atoms with Gasteiger partial charge in [-0.05, 0) is 50.9 Å². The Bertz CT molecular complexity index is 1600. The number of ether oxygens (including phenoxy) is 2. The Morgan fingerprint density at radius 1 is 0.977 bits per heavy atom. The van der Waals surface area contributed by atoms with Gasteiger partial charge in [0.1, 0.15) is 17.2 Å². The molecule has 0 aliphatic carbocycles. The molecule has 43 heavy (non-hydrogen) atoms. The topological polar surface area (TPSA) is 129 Å². The smallest absolute Gasteiger partial charge is 0.335 e. The van der Waals surface area contributed by atoms with E-state index < -0.39 is 41.3 Å². The van der Waals surface area contributed by atoms with Crippen LogP contribution in [0, 0.1) is 0 Å². The van der Waals surface area contributed by atoms with E-state index >= 15 is 0 Å². The van der Waals surface area contributed by atoms with Gasteiger partial charge in [0.2, 0.25) is 11.1 Å². The van der Waals surface area contributed by atoms with Crippen LogP contribution in [0.1, 0.15) is 17.2 Å². The lowest BCUT2D eigenvalue weighted by molar-refractivity contribution is -0.165. The van der Waals surface area contributed by atoms with Gasteiger partial charge in [-0.25, -0.2) is 9.48 Å². The van der Waals surface area contributed by atoms with Gasteiger partial charge in [0.25, 0.3) is 5.91 Å². The zero-order chi connectivity index (χ0) is 29.8. The highest BCUT2D eigenvalue weighted by molar-refractivity contribution is 8.06. The van der Waals surface area contributed by atoms with Crippen molar-refractivity contribution < 1.29 is 23.9 Å². The number of benzene rings is 3. The van der Waals surface area contributed by atoms with E-state index in [1.807, 2.05) is 66.7 Å². The predicted octanol–water partition coefficient (Wildman–Crippen LogP) is 3.32. The van der Waals surface area contributed by atoms with E-state index in [9.17, 15) is 14.4 Å². The number of esters is 1. The van der Waals surface area contributed by atoms with Crippen LogP contribution >= 0.6 is 23.5 Å². The van der Waals surface area contributed by atoms with Gasteiger partial charge in [-0.2, -0.15) is 0 Å². The van der Waals surface area contributed by atoms with Crippen LogP contribution in [0.3, 0.4) is 0 Å². The third kappa shape index (κ3) is 6.13. The molecule has 1 aromatic heterocycles. The minimum Gasteiger partial charge on any atom is -0.484 e. The molecule has 4 aromatic rings. The molecule has 1 saturated heterocycles. The van der Waals surface area contributed by atoms with Crippen LogP contribution in [0.2, 0.25) is 0 Å². The first kappa shape index (κ1) is 28.5. The number of hydrogen-bond donors (Lipinski definition) is 1. The molecule has 0 radical (unpaired) electrons. The number of nitrogens with one attached hydrogen (secondary N) is 1. The summed E-state index contributed by atoms with van der Waals surface area (Å²) in [7, 11) is 1.69. The maximum absolute atomic E-state index is 14.1. The summed E-state index contributed by atoms with van der Waals surface area (Å²) in [6.45, 7) is -0.247. The van der Waals surface area contributed by atoms with Crippen LogP contribution in [0.25, 0.3) is 0 Å². The lowest BCUT2D eigenvalue weighted by Gasteiger charge is -2.51. The lowest BCUT2D eigenvalue weighted by atomic mass is 10.0. The highest BCUT2D eigenvalue weighted by Gasteiger charge is 2.56. The molecule has 2 amide bonds. The van der Waals surface area contributed by atoms with E-state index in [0.717, 1.165) is 11.1 Å². The van der Waals surface area contributed by atoms with Crippen LogP contribution in [0.15, 0.2) is 106 Å². The maximum Gasteiger partial charge on any atom is 0.335 e. The largest absolute Gasteiger partial charge is 0.484 e. The number of β-lactam (4-membered cyclic amide) rings is 1. The normalized spacial score (nSPS) is 19.2. The van der Waals surface area contributed by atoms with Gasteiger partial charge in [-0.3, -0.25) is 9.59 Å². The first-order valence-electron chi connectivity index (χ1n) is 13.3. The maximum atomic E-state index is 14.1. The van der Waals surface area contributed by atoms with Crippen LogP contribution in [-0.4, -0.2) is 67.0 Å². The molecule has 1 unspecified atom stereocenters. The highest BCUT2D eigenvalue weighted by atomic mass is 32.2. The SMILES string of the molecule is Cn1nnnc1SC1=CS[C@H]2[C@H](NC(=O)COc3ccccc3)C(=O)N2C1C(=O)OC(c1ccccc1)c1ccccc1. The molecule has 1 N–H and O–H groups in total. The summed E-state index contributed by atoms with van der Waals surface area (Å²) in [5.74, 6) is -0.902. The Labute approximate surface area is 255 Å². The van der Waals surface area contributed by atoms with Gasteiger partial charge in [-0.15, -0.1) is 16.9 Å². The highest BCUT2D eigenvalue weighted by Crippen LogP contribution is 2.45. The molecule has 0 spiro atoms. The first-order valence-corrected chi connectivity index (χ1v) is 15.1. The molecular formula is C30H26N6O5S2. The average Bonchev–Trinajstić information content (AvgIpc) is 3.46. The molecule has 3 heterocycles. The second-order valence-electron chi connectivity index (χ2n) is 9.67. The second kappa shape index (κ2) is 12.7. The quantitative estimate of drug-likeness (QED) is 0.210. The van der Waals surface area contributed by atoms with Crippen molar-refractivity contribution in [3.63, 3.8) is 0 Å². The summed E-state index contributed by atoms with van der Waals surface area (Å²) < 4.78 is 13.2. The number of aromatic nitrogens is 4. The molecule has 6 rings (SSSR count).